The molecule has 0 aliphatic carbocycles. The van der Waals surface area contributed by atoms with Crippen molar-refractivity contribution in [1.82, 2.24) is 0 Å². The van der Waals surface area contributed by atoms with Crippen LogP contribution in [0.15, 0.2) is 43.0 Å². The van der Waals surface area contributed by atoms with Crippen LogP contribution in [0.3, 0.4) is 0 Å². The van der Waals surface area contributed by atoms with E-state index in [0.29, 0.717) is 5.69 Å². The van der Waals surface area contributed by atoms with Gasteiger partial charge in [-0.2, -0.15) is 0 Å². The number of ether oxygens (including phenoxy) is 1. The number of esters is 1. The minimum Gasteiger partial charge on any atom is -0.458 e. The molecule has 0 aliphatic heterocycles. The van der Waals surface area contributed by atoms with Crippen molar-refractivity contribution in [3.05, 3.63) is 48.6 Å². The lowest BCUT2D eigenvalue weighted by Gasteiger charge is -1.97. The fourth-order valence-electron chi connectivity index (χ4n) is 1.02. The molecule has 3 heteroatoms. The van der Waals surface area contributed by atoms with Crippen molar-refractivity contribution in [2.24, 2.45) is 0 Å². The number of hydrogen-bond donors (Lipinski definition) is 1. The zero-order chi connectivity index (χ0) is 11.1. The predicted octanol–water partition coefficient (Wildman–Crippen LogP) is 2.01. The van der Waals surface area contributed by atoms with Gasteiger partial charge in [-0.1, -0.05) is 24.8 Å². The molecule has 1 aromatic carbocycles. The first kappa shape index (κ1) is 11.0. The molecular formula is C12H13NO2. The topological polar surface area (TPSA) is 52.3 Å². The molecular weight excluding hydrogens is 190 g/mol. The summed E-state index contributed by atoms with van der Waals surface area (Å²) >= 11 is 0. The molecule has 0 saturated heterocycles. The summed E-state index contributed by atoms with van der Waals surface area (Å²) in [5.41, 5.74) is 7.11. The van der Waals surface area contributed by atoms with E-state index in [1.807, 2.05) is 12.1 Å². The maximum absolute atomic E-state index is 11.1. The first-order chi connectivity index (χ1) is 7.22. The monoisotopic (exact) mass is 203 g/mol. The van der Waals surface area contributed by atoms with E-state index >= 15 is 0 Å². The molecule has 0 aliphatic rings. The van der Waals surface area contributed by atoms with E-state index in [0.717, 1.165) is 5.56 Å². The maximum Gasteiger partial charge on any atom is 0.331 e. The molecule has 0 aromatic heterocycles. The van der Waals surface area contributed by atoms with Crippen LogP contribution in [0.2, 0.25) is 0 Å². The Morgan fingerprint density at radius 2 is 2.33 bits per heavy atom. The van der Waals surface area contributed by atoms with Crippen molar-refractivity contribution >= 4 is 17.7 Å². The van der Waals surface area contributed by atoms with Gasteiger partial charge >= 0.3 is 5.97 Å². The largest absolute Gasteiger partial charge is 0.458 e. The lowest BCUT2D eigenvalue weighted by atomic mass is 10.2. The Kier molecular flexibility index (Phi) is 4.16. The fraction of sp³-hybridized carbons (Fsp3) is 0.0833. The van der Waals surface area contributed by atoms with Crippen LogP contribution in [0, 0.1) is 0 Å². The summed E-state index contributed by atoms with van der Waals surface area (Å²) in [5, 5.41) is 0. The number of hydrogen-bond acceptors (Lipinski definition) is 3. The summed E-state index contributed by atoms with van der Waals surface area (Å²) < 4.78 is 4.77. The Hall–Kier alpha value is -2.03. The van der Waals surface area contributed by atoms with Gasteiger partial charge in [-0.3, -0.25) is 0 Å². The van der Waals surface area contributed by atoms with Crippen molar-refractivity contribution in [3.63, 3.8) is 0 Å². The van der Waals surface area contributed by atoms with Crippen LogP contribution in [-0.4, -0.2) is 12.6 Å². The lowest BCUT2D eigenvalue weighted by molar-refractivity contribution is -0.136. The van der Waals surface area contributed by atoms with Crippen LogP contribution in [0.1, 0.15) is 5.56 Å². The standard InChI is InChI=1S/C12H13NO2/c1-2-8-15-12(14)7-6-10-4-3-5-11(13)9-10/h2-7,9H,1,8,13H2/b7-6+. The molecule has 1 rings (SSSR count). The molecule has 0 unspecified atom stereocenters. The van der Waals surface area contributed by atoms with E-state index in [1.165, 1.54) is 12.2 Å². The molecule has 0 radical (unpaired) electrons. The highest BCUT2D eigenvalue weighted by Gasteiger charge is 1.94. The number of carbonyl (C=O) groups is 1. The van der Waals surface area contributed by atoms with Gasteiger partial charge < -0.3 is 10.5 Å². The minimum absolute atomic E-state index is 0.222. The summed E-state index contributed by atoms with van der Waals surface area (Å²) in [6, 6.07) is 7.24. The molecule has 3 nitrogen and oxygen atoms in total. The van der Waals surface area contributed by atoms with Crippen molar-refractivity contribution in [3.8, 4) is 0 Å². The van der Waals surface area contributed by atoms with Crippen LogP contribution >= 0.6 is 0 Å². The zero-order valence-electron chi connectivity index (χ0n) is 8.35. The van der Waals surface area contributed by atoms with E-state index in [2.05, 4.69) is 6.58 Å². The molecule has 2 N–H and O–H groups in total. The second kappa shape index (κ2) is 5.65. The smallest absolute Gasteiger partial charge is 0.331 e. The van der Waals surface area contributed by atoms with E-state index in [4.69, 9.17) is 10.5 Å². The van der Waals surface area contributed by atoms with Gasteiger partial charge in [-0.05, 0) is 23.8 Å². The number of anilines is 1. The molecule has 0 atom stereocenters. The summed E-state index contributed by atoms with van der Waals surface area (Å²) in [6.07, 6.45) is 4.53. The lowest BCUT2D eigenvalue weighted by Crippen LogP contribution is -1.99. The highest BCUT2D eigenvalue weighted by molar-refractivity contribution is 5.87. The second-order valence-electron chi connectivity index (χ2n) is 2.92. The Labute approximate surface area is 88.9 Å². The van der Waals surface area contributed by atoms with Gasteiger partial charge in [-0.15, -0.1) is 0 Å². The SMILES string of the molecule is C=CCOC(=O)/C=C/c1cccc(N)c1. The Bertz CT molecular complexity index is 383. The molecule has 0 bridgehead atoms. The van der Waals surface area contributed by atoms with Gasteiger partial charge in [0.2, 0.25) is 0 Å². The Morgan fingerprint density at radius 3 is 3.00 bits per heavy atom. The zero-order valence-corrected chi connectivity index (χ0v) is 8.35. The quantitative estimate of drug-likeness (QED) is 0.352. The maximum atomic E-state index is 11.1. The van der Waals surface area contributed by atoms with Gasteiger partial charge in [0.1, 0.15) is 6.61 Å². The Balaban J connectivity index is 2.57. The van der Waals surface area contributed by atoms with Gasteiger partial charge in [-0.25, -0.2) is 4.79 Å². The van der Waals surface area contributed by atoms with E-state index in [9.17, 15) is 4.79 Å². The normalized spacial score (nSPS) is 10.1. The van der Waals surface area contributed by atoms with Crippen molar-refractivity contribution < 1.29 is 9.53 Å². The molecule has 0 spiro atoms. The summed E-state index contributed by atoms with van der Waals surface area (Å²) in [4.78, 5) is 11.1. The molecule has 0 heterocycles. The first-order valence-corrected chi connectivity index (χ1v) is 4.53. The third-order valence-corrected chi connectivity index (χ3v) is 1.67. The van der Waals surface area contributed by atoms with Crippen molar-refractivity contribution in [2.75, 3.05) is 12.3 Å². The average molecular weight is 203 g/mol. The third-order valence-electron chi connectivity index (χ3n) is 1.67. The number of benzene rings is 1. The fourth-order valence-corrected chi connectivity index (χ4v) is 1.02. The number of rotatable bonds is 4. The minimum atomic E-state index is -0.391. The molecule has 78 valence electrons. The summed E-state index contributed by atoms with van der Waals surface area (Å²) in [5.74, 6) is -0.391. The second-order valence-corrected chi connectivity index (χ2v) is 2.92. The highest BCUT2D eigenvalue weighted by Crippen LogP contribution is 2.07. The van der Waals surface area contributed by atoms with Crippen LogP contribution < -0.4 is 5.73 Å². The van der Waals surface area contributed by atoms with Crippen LogP contribution in [-0.2, 0) is 9.53 Å². The first-order valence-electron chi connectivity index (χ1n) is 4.53. The van der Waals surface area contributed by atoms with Gasteiger partial charge in [0.15, 0.2) is 0 Å². The van der Waals surface area contributed by atoms with E-state index in [-0.39, 0.29) is 6.61 Å². The molecule has 15 heavy (non-hydrogen) atoms. The average Bonchev–Trinajstić information content (AvgIpc) is 2.23. The molecule has 0 amide bonds. The molecule has 0 saturated carbocycles. The summed E-state index contributed by atoms with van der Waals surface area (Å²) in [7, 11) is 0. The van der Waals surface area contributed by atoms with Crippen LogP contribution in [0.25, 0.3) is 6.08 Å². The van der Waals surface area contributed by atoms with Crippen LogP contribution in [0.5, 0.6) is 0 Å². The van der Waals surface area contributed by atoms with Gasteiger partial charge in [0.05, 0.1) is 0 Å². The molecule has 1 aromatic rings. The van der Waals surface area contributed by atoms with Crippen LogP contribution in [0.4, 0.5) is 5.69 Å². The predicted molar refractivity (Wildman–Crippen MR) is 61.0 cm³/mol. The highest BCUT2D eigenvalue weighted by atomic mass is 16.5. The number of nitrogens with two attached hydrogens (primary N) is 1. The number of carbonyl (C=O) groups excluding carboxylic acids is 1. The molecule has 0 fully saturated rings. The van der Waals surface area contributed by atoms with E-state index < -0.39 is 5.97 Å². The van der Waals surface area contributed by atoms with Crippen molar-refractivity contribution in [1.29, 1.82) is 0 Å². The van der Waals surface area contributed by atoms with Crippen molar-refractivity contribution in [2.45, 2.75) is 0 Å². The van der Waals surface area contributed by atoms with Gasteiger partial charge in [0, 0.05) is 11.8 Å². The summed E-state index contributed by atoms with van der Waals surface area (Å²) in [6.45, 7) is 3.67. The van der Waals surface area contributed by atoms with Gasteiger partial charge in [0.25, 0.3) is 0 Å². The van der Waals surface area contributed by atoms with E-state index in [1.54, 1.807) is 18.2 Å². The third kappa shape index (κ3) is 4.13. The Morgan fingerprint density at radius 1 is 1.53 bits per heavy atom. The number of nitrogen functional groups attached to an aromatic ring is 1.